The molecule has 5 nitrogen and oxygen atoms in total. The second kappa shape index (κ2) is 5.35. The molecule has 5 heteroatoms. The zero-order valence-corrected chi connectivity index (χ0v) is 11.8. The average Bonchev–Trinajstić information content (AvgIpc) is 2.41. The van der Waals surface area contributed by atoms with E-state index in [2.05, 4.69) is 5.32 Å². The Morgan fingerprint density at radius 1 is 1.10 bits per heavy atom. The molecular weight excluding hydrogens is 258 g/mol. The molecule has 4 aliphatic rings. The first kappa shape index (κ1) is 13.9. The van der Waals surface area contributed by atoms with Crippen LogP contribution in [0.2, 0.25) is 0 Å². The van der Waals surface area contributed by atoms with Crippen molar-refractivity contribution in [3.05, 3.63) is 0 Å². The standard InChI is InChI=1S/C15H23NO4/c17-1-2-20-13(18)9-16-14(19)15-6-10-3-11(7-15)5-12(4-10)8-15/h10-12,17H,1-9H2,(H,16,19). The summed E-state index contributed by atoms with van der Waals surface area (Å²) in [5, 5.41) is 11.3. The van der Waals surface area contributed by atoms with Crippen LogP contribution in [0, 0.1) is 23.2 Å². The molecular formula is C15H23NO4. The van der Waals surface area contributed by atoms with Crippen molar-refractivity contribution in [1.29, 1.82) is 0 Å². The van der Waals surface area contributed by atoms with Crippen molar-refractivity contribution in [1.82, 2.24) is 5.32 Å². The Labute approximate surface area is 119 Å². The smallest absolute Gasteiger partial charge is 0.325 e. The largest absolute Gasteiger partial charge is 0.462 e. The SMILES string of the molecule is O=C(CNC(=O)C12CC3CC(CC(C3)C1)C2)OCCO. The summed E-state index contributed by atoms with van der Waals surface area (Å²) in [5.41, 5.74) is -0.216. The molecule has 0 heterocycles. The summed E-state index contributed by atoms with van der Waals surface area (Å²) in [7, 11) is 0. The summed E-state index contributed by atoms with van der Waals surface area (Å²) in [6.07, 6.45) is 6.88. The third kappa shape index (κ3) is 2.55. The zero-order valence-electron chi connectivity index (χ0n) is 11.8. The Bertz CT molecular complexity index is 371. The van der Waals surface area contributed by atoms with Crippen LogP contribution < -0.4 is 5.32 Å². The van der Waals surface area contributed by atoms with Gasteiger partial charge < -0.3 is 15.2 Å². The van der Waals surface area contributed by atoms with Gasteiger partial charge in [0, 0.05) is 5.41 Å². The van der Waals surface area contributed by atoms with E-state index in [1.807, 2.05) is 0 Å². The number of aliphatic hydroxyl groups excluding tert-OH is 1. The number of hydrogen-bond donors (Lipinski definition) is 2. The van der Waals surface area contributed by atoms with Gasteiger partial charge in [-0.1, -0.05) is 0 Å². The van der Waals surface area contributed by atoms with Crippen LogP contribution in [0.15, 0.2) is 0 Å². The molecule has 0 aromatic heterocycles. The van der Waals surface area contributed by atoms with Crippen molar-refractivity contribution in [2.45, 2.75) is 38.5 Å². The van der Waals surface area contributed by atoms with Crippen molar-refractivity contribution in [3.8, 4) is 0 Å². The van der Waals surface area contributed by atoms with E-state index in [0.29, 0.717) is 17.8 Å². The predicted octanol–water partition coefficient (Wildman–Crippen LogP) is 0.854. The summed E-state index contributed by atoms with van der Waals surface area (Å²) in [6.45, 7) is -0.276. The highest BCUT2D eigenvalue weighted by Crippen LogP contribution is 2.60. The summed E-state index contributed by atoms with van der Waals surface area (Å²) in [5.74, 6) is 1.71. The van der Waals surface area contributed by atoms with Gasteiger partial charge in [0.25, 0.3) is 0 Å². The third-order valence-electron chi connectivity index (χ3n) is 5.27. The van der Waals surface area contributed by atoms with Gasteiger partial charge in [0.05, 0.1) is 6.61 Å². The summed E-state index contributed by atoms with van der Waals surface area (Å²) in [6, 6.07) is 0. The maximum absolute atomic E-state index is 12.5. The fraction of sp³-hybridized carbons (Fsp3) is 0.867. The molecule has 4 rings (SSSR count). The monoisotopic (exact) mass is 281 g/mol. The molecule has 0 aliphatic heterocycles. The molecule has 2 N–H and O–H groups in total. The second-order valence-electron chi connectivity index (χ2n) is 6.82. The van der Waals surface area contributed by atoms with Gasteiger partial charge in [-0.2, -0.15) is 0 Å². The maximum Gasteiger partial charge on any atom is 0.325 e. The summed E-state index contributed by atoms with van der Waals surface area (Å²) >= 11 is 0. The molecule has 4 bridgehead atoms. The number of aliphatic hydroxyl groups is 1. The van der Waals surface area contributed by atoms with Crippen LogP contribution in [-0.2, 0) is 14.3 Å². The van der Waals surface area contributed by atoms with Crippen LogP contribution in [-0.4, -0.2) is 36.7 Å². The number of rotatable bonds is 5. The predicted molar refractivity (Wildman–Crippen MR) is 71.7 cm³/mol. The lowest BCUT2D eigenvalue weighted by molar-refractivity contribution is -0.151. The Kier molecular flexibility index (Phi) is 3.71. The fourth-order valence-electron chi connectivity index (χ4n) is 4.94. The number of ether oxygens (including phenoxy) is 1. The molecule has 0 radical (unpaired) electrons. The minimum atomic E-state index is -0.475. The van der Waals surface area contributed by atoms with E-state index in [0.717, 1.165) is 19.3 Å². The van der Waals surface area contributed by atoms with Crippen LogP contribution in [0.25, 0.3) is 0 Å². The highest BCUT2D eigenvalue weighted by Gasteiger charge is 2.54. The van der Waals surface area contributed by atoms with E-state index in [9.17, 15) is 9.59 Å². The lowest BCUT2D eigenvalue weighted by atomic mass is 9.49. The molecule has 0 aromatic carbocycles. The van der Waals surface area contributed by atoms with E-state index >= 15 is 0 Å². The zero-order chi connectivity index (χ0) is 14.2. The molecule has 112 valence electrons. The quantitative estimate of drug-likeness (QED) is 0.733. The highest BCUT2D eigenvalue weighted by atomic mass is 16.5. The molecule has 0 saturated heterocycles. The number of hydrogen-bond acceptors (Lipinski definition) is 4. The van der Waals surface area contributed by atoms with E-state index in [-0.39, 0.29) is 31.1 Å². The van der Waals surface area contributed by atoms with Crippen LogP contribution in [0.4, 0.5) is 0 Å². The van der Waals surface area contributed by atoms with E-state index in [1.54, 1.807) is 0 Å². The molecule has 4 fully saturated rings. The highest BCUT2D eigenvalue weighted by molar-refractivity contribution is 5.86. The molecule has 0 aromatic rings. The van der Waals surface area contributed by atoms with Gasteiger partial charge in [0.2, 0.25) is 5.91 Å². The Hall–Kier alpha value is -1.10. The van der Waals surface area contributed by atoms with Crippen molar-refractivity contribution in [3.63, 3.8) is 0 Å². The Morgan fingerprint density at radius 3 is 2.15 bits per heavy atom. The number of esters is 1. The summed E-state index contributed by atoms with van der Waals surface area (Å²) in [4.78, 5) is 23.9. The molecule has 4 aliphatic carbocycles. The first-order chi connectivity index (χ1) is 9.61. The first-order valence-electron chi connectivity index (χ1n) is 7.66. The average molecular weight is 281 g/mol. The topological polar surface area (TPSA) is 75.6 Å². The van der Waals surface area contributed by atoms with Gasteiger partial charge in [0.1, 0.15) is 13.2 Å². The van der Waals surface area contributed by atoms with Crippen LogP contribution in [0.1, 0.15) is 38.5 Å². The molecule has 0 unspecified atom stereocenters. The van der Waals surface area contributed by atoms with Gasteiger partial charge in [-0.25, -0.2) is 0 Å². The lowest BCUT2D eigenvalue weighted by Crippen LogP contribution is -2.54. The van der Waals surface area contributed by atoms with E-state index < -0.39 is 5.97 Å². The number of carbonyl (C=O) groups excluding carboxylic acids is 2. The minimum absolute atomic E-state index is 0.00787. The minimum Gasteiger partial charge on any atom is -0.462 e. The van der Waals surface area contributed by atoms with Gasteiger partial charge in [-0.3, -0.25) is 9.59 Å². The van der Waals surface area contributed by atoms with E-state index in [1.165, 1.54) is 19.3 Å². The van der Waals surface area contributed by atoms with Crippen molar-refractivity contribution >= 4 is 11.9 Å². The van der Waals surface area contributed by atoms with Crippen molar-refractivity contribution < 1.29 is 19.4 Å². The molecule has 20 heavy (non-hydrogen) atoms. The number of nitrogens with one attached hydrogen (secondary N) is 1. The number of amides is 1. The molecule has 0 atom stereocenters. The summed E-state index contributed by atoms with van der Waals surface area (Å²) < 4.78 is 4.76. The maximum atomic E-state index is 12.5. The third-order valence-corrected chi connectivity index (χ3v) is 5.27. The first-order valence-corrected chi connectivity index (χ1v) is 7.66. The van der Waals surface area contributed by atoms with Gasteiger partial charge in [-0.05, 0) is 56.3 Å². The molecule has 4 saturated carbocycles. The molecule has 1 amide bonds. The van der Waals surface area contributed by atoms with Gasteiger partial charge in [-0.15, -0.1) is 0 Å². The van der Waals surface area contributed by atoms with Crippen LogP contribution in [0.3, 0.4) is 0 Å². The van der Waals surface area contributed by atoms with Crippen molar-refractivity contribution in [2.75, 3.05) is 19.8 Å². The second-order valence-corrected chi connectivity index (χ2v) is 6.82. The van der Waals surface area contributed by atoms with Gasteiger partial charge >= 0.3 is 5.97 Å². The van der Waals surface area contributed by atoms with Crippen molar-refractivity contribution in [2.24, 2.45) is 23.2 Å². The van der Waals surface area contributed by atoms with E-state index in [4.69, 9.17) is 9.84 Å². The lowest BCUT2D eigenvalue weighted by Gasteiger charge is -2.55. The number of carbonyl (C=O) groups is 2. The van der Waals surface area contributed by atoms with Gasteiger partial charge in [0.15, 0.2) is 0 Å². The normalized spacial score (nSPS) is 37.8. The van der Waals surface area contributed by atoms with Crippen LogP contribution >= 0.6 is 0 Å². The fourth-order valence-corrected chi connectivity index (χ4v) is 4.94. The Balaban J connectivity index is 1.56. The Morgan fingerprint density at radius 2 is 1.65 bits per heavy atom. The molecule has 0 spiro atoms. The van der Waals surface area contributed by atoms with Crippen LogP contribution in [0.5, 0.6) is 0 Å².